The summed E-state index contributed by atoms with van der Waals surface area (Å²) in [7, 11) is 0. The molecule has 1 fully saturated rings. The summed E-state index contributed by atoms with van der Waals surface area (Å²) in [5, 5.41) is 0.745. The first-order chi connectivity index (χ1) is 8.31. The van der Waals surface area contributed by atoms with Gasteiger partial charge in [0, 0.05) is 30.6 Å². The fraction of sp³-hybridized carbons (Fsp3) is 0.429. The van der Waals surface area contributed by atoms with Crippen molar-refractivity contribution < 1.29 is 4.74 Å². The van der Waals surface area contributed by atoms with Gasteiger partial charge in [-0.25, -0.2) is 0 Å². The van der Waals surface area contributed by atoms with Crippen molar-refractivity contribution >= 4 is 11.6 Å². The predicted molar refractivity (Wildman–Crippen MR) is 69.4 cm³/mol. The summed E-state index contributed by atoms with van der Waals surface area (Å²) < 4.78 is 5.83. The van der Waals surface area contributed by atoms with Crippen molar-refractivity contribution in [3.05, 3.63) is 41.1 Å². The topological polar surface area (TPSA) is 12.5 Å². The smallest absolute Gasteiger partial charge is 0.127 e. The highest BCUT2D eigenvalue weighted by Crippen LogP contribution is 2.29. The zero-order valence-corrected chi connectivity index (χ0v) is 10.5. The Kier molecular flexibility index (Phi) is 3.08. The first-order valence-electron chi connectivity index (χ1n) is 6.18. The first-order valence-corrected chi connectivity index (χ1v) is 6.55. The van der Waals surface area contributed by atoms with Crippen molar-refractivity contribution in [2.75, 3.05) is 13.1 Å². The van der Waals surface area contributed by atoms with Crippen LogP contribution in [-0.4, -0.2) is 24.0 Å². The third kappa shape index (κ3) is 2.82. The maximum Gasteiger partial charge on any atom is 0.127 e. The lowest BCUT2D eigenvalue weighted by atomic mass is 10.2. The van der Waals surface area contributed by atoms with Gasteiger partial charge >= 0.3 is 0 Å². The zero-order valence-electron chi connectivity index (χ0n) is 9.73. The number of ether oxygens (including phenoxy) is 1. The first kappa shape index (κ1) is 11.1. The van der Waals surface area contributed by atoms with E-state index in [0.29, 0.717) is 0 Å². The van der Waals surface area contributed by atoms with Gasteiger partial charge in [-0.1, -0.05) is 11.6 Å². The molecule has 0 bridgehead atoms. The average Bonchev–Trinajstić information content (AvgIpc) is 3.17. The van der Waals surface area contributed by atoms with Crippen LogP contribution < -0.4 is 4.74 Å². The molecule has 90 valence electrons. The van der Waals surface area contributed by atoms with E-state index >= 15 is 0 Å². The molecule has 1 saturated carbocycles. The van der Waals surface area contributed by atoms with Gasteiger partial charge in [-0.2, -0.15) is 0 Å². The number of hydrogen-bond acceptors (Lipinski definition) is 2. The van der Waals surface area contributed by atoms with Crippen LogP contribution in [0, 0.1) is 0 Å². The summed E-state index contributed by atoms with van der Waals surface area (Å²) in [6.45, 7) is 2.16. The minimum Gasteiger partial charge on any atom is -0.462 e. The molecule has 1 heterocycles. The molecule has 1 aromatic carbocycles. The fourth-order valence-corrected chi connectivity index (χ4v) is 2.31. The highest BCUT2D eigenvalue weighted by molar-refractivity contribution is 6.30. The number of nitrogens with zero attached hydrogens (tertiary/aromatic N) is 1. The molecule has 1 aliphatic heterocycles. The summed E-state index contributed by atoms with van der Waals surface area (Å²) in [4.78, 5) is 2.54. The molecule has 1 aliphatic carbocycles. The molecule has 17 heavy (non-hydrogen) atoms. The lowest BCUT2D eigenvalue weighted by Crippen LogP contribution is -2.31. The van der Waals surface area contributed by atoms with Crippen LogP contribution in [0.2, 0.25) is 5.02 Å². The second-order valence-electron chi connectivity index (χ2n) is 4.70. The van der Waals surface area contributed by atoms with Crippen LogP contribution in [0.5, 0.6) is 5.75 Å². The summed E-state index contributed by atoms with van der Waals surface area (Å²) in [6, 6.07) is 8.39. The quantitative estimate of drug-likeness (QED) is 0.813. The Labute approximate surface area is 107 Å². The van der Waals surface area contributed by atoms with E-state index in [0.717, 1.165) is 42.1 Å². The van der Waals surface area contributed by atoms with Crippen LogP contribution in [0.3, 0.4) is 0 Å². The van der Waals surface area contributed by atoms with Gasteiger partial charge < -0.3 is 4.74 Å². The van der Waals surface area contributed by atoms with Gasteiger partial charge in [-0.3, -0.25) is 4.90 Å². The van der Waals surface area contributed by atoms with Crippen molar-refractivity contribution in [3.8, 4) is 5.75 Å². The summed E-state index contributed by atoms with van der Waals surface area (Å²) in [6.07, 6.45) is 5.97. The molecule has 0 N–H and O–H groups in total. The monoisotopic (exact) mass is 249 g/mol. The van der Waals surface area contributed by atoms with Crippen LogP contribution in [0.4, 0.5) is 0 Å². The van der Waals surface area contributed by atoms with Gasteiger partial charge in [0.15, 0.2) is 0 Å². The van der Waals surface area contributed by atoms with Crippen molar-refractivity contribution in [2.24, 2.45) is 0 Å². The molecule has 3 rings (SSSR count). The summed E-state index contributed by atoms with van der Waals surface area (Å²) >= 11 is 5.84. The van der Waals surface area contributed by atoms with Gasteiger partial charge in [0.1, 0.15) is 11.5 Å². The highest BCUT2D eigenvalue weighted by Gasteiger charge is 2.29. The van der Waals surface area contributed by atoms with Gasteiger partial charge in [0.25, 0.3) is 0 Å². The van der Waals surface area contributed by atoms with Crippen LogP contribution in [0.25, 0.3) is 0 Å². The molecule has 2 nitrogen and oxygen atoms in total. The van der Waals surface area contributed by atoms with E-state index in [9.17, 15) is 0 Å². The second kappa shape index (κ2) is 4.71. The Hall–Kier alpha value is -0.990. The third-order valence-electron chi connectivity index (χ3n) is 3.32. The van der Waals surface area contributed by atoms with E-state index < -0.39 is 0 Å². The van der Waals surface area contributed by atoms with Crippen molar-refractivity contribution in [1.29, 1.82) is 0 Å². The van der Waals surface area contributed by atoms with Crippen molar-refractivity contribution in [1.82, 2.24) is 4.90 Å². The maximum atomic E-state index is 5.84. The van der Waals surface area contributed by atoms with E-state index in [1.807, 2.05) is 24.3 Å². The number of hydrogen-bond donors (Lipinski definition) is 0. The Bertz CT molecular complexity index is 422. The Morgan fingerprint density at radius 2 is 1.94 bits per heavy atom. The van der Waals surface area contributed by atoms with E-state index in [2.05, 4.69) is 11.0 Å². The molecule has 2 aliphatic rings. The minimum atomic E-state index is 0.745. The molecule has 0 atom stereocenters. The predicted octanol–water partition coefficient (Wildman–Crippen LogP) is 3.47. The number of benzene rings is 1. The maximum absolute atomic E-state index is 5.84. The van der Waals surface area contributed by atoms with Crippen LogP contribution in [-0.2, 0) is 0 Å². The lowest BCUT2D eigenvalue weighted by molar-refractivity contribution is 0.253. The zero-order chi connectivity index (χ0) is 11.7. The van der Waals surface area contributed by atoms with Crippen LogP contribution >= 0.6 is 11.6 Å². The Balaban J connectivity index is 1.60. The fourth-order valence-electron chi connectivity index (χ4n) is 2.18. The molecular formula is C14H16ClNO. The molecule has 0 aromatic heterocycles. The molecule has 3 heteroatoms. The Morgan fingerprint density at radius 1 is 1.18 bits per heavy atom. The number of rotatable bonds is 3. The van der Waals surface area contributed by atoms with Crippen molar-refractivity contribution in [3.63, 3.8) is 0 Å². The minimum absolute atomic E-state index is 0.745. The summed E-state index contributed by atoms with van der Waals surface area (Å²) in [5.74, 6) is 1.96. The lowest BCUT2D eigenvalue weighted by Gasteiger charge is -2.25. The van der Waals surface area contributed by atoms with Crippen LogP contribution in [0.1, 0.15) is 19.3 Å². The van der Waals surface area contributed by atoms with E-state index in [1.165, 1.54) is 12.8 Å². The van der Waals surface area contributed by atoms with E-state index in [-0.39, 0.29) is 0 Å². The number of halogens is 1. The third-order valence-corrected chi connectivity index (χ3v) is 3.58. The Morgan fingerprint density at radius 3 is 2.53 bits per heavy atom. The van der Waals surface area contributed by atoms with Gasteiger partial charge in [-0.15, -0.1) is 0 Å². The largest absolute Gasteiger partial charge is 0.462 e. The highest BCUT2D eigenvalue weighted by atomic mass is 35.5. The summed E-state index contributed by atoms with van der Waals surface area (Å²) in [5.41, 5.74) is 0. The second-order valence-corrected chi connectivity index (χ2v) is 5.14. The SMILES string of the molecule is Clc1ccc(OC2=CCN(C3CC3)CC2)cc1. The standard InChI is InChI=1S/C14H16ClNO/c15-11-1-5-13(6-2-11)17-14-7-9-16(10-8-14)12-3-4-12/h1-2,5-7,12H,3-4,8-10H2. The van der Waals surface area contributed by atoms with Gasteiger partial charge in [0.05, 0.1) is 0 Å². The molecule has 0 spiro atoms. The van der Waals surface area contributed by atoms with Crippen molar-refractivity contribution in [2.45, 2.75) is 25.3 Å². The van der Waals surface area contributed by atoms with Gasteiger partial charge in [-0.05, 0) is 43.2 Å². The molecule has 0 saturated heterocycles. The molecule has 0 radical (unpaired) electrons. The van der Waals surface area contributed by atoms with Gasteiger partial charge in [0.2, 0.25) is 0 Å². The molecule has 0 amide bonds. The average molecular weight is 250 g/mol. The van der Waals surface area contributed by atoms with E-state index in [1.54, 1.807) is 0 Å². The van der Waals surface area contributed by atoms with Crippen LogP contribution in [0.15, 0.2) is 36.1 Å². The molecule has 0 unspecified atom stereocenters. The molecule has 1 aromatic rings. The molecular weight excluding hydrogens is 234 g/mol. The van der Waals surface area contributed by atoms with E-state index in [4.69, 9.17) is 16.3 Å². The normalized spacial score (nSPS) is 21.1.